The van der Waals surface area contributed by atoms with Gasteiger partial charge in [-0.3, -0.25) is 0 Å². The van der Waals surface area contributed by atoms with Crippen LogP contribution >= 0.6 is 0 Å². The van der Waals surface area contributed by atoms with Gasteiger partial charge in [-0.25, -0.2) is 0 Å². The van der Waals surface area contributed by atoms with E-state index in [1.807, 2.05) is 49.4 Å². The standard InChI is InChI=1S/C19H14O4Se/c1-11-7-8-15-13(9-11)17-14(18(20)22-15)10-16(19(21)23-17)24-12-5-3-2-4-6-12/h2-10,18,20H,1H3. The predicted molar refractivity (Wildman–Crippen MR) is 92.2 cm³/mol. The van der Waals surface area contributed by atoms with Crippen LogP contribution < -0.4 is 19.3 Å². The Bertz CT molecular complexity index is 963. The predicted octanol–water partition coefficient (Wildman–Crippen LogP) is 1.65. The Morgan fingerprint density at radius 1 is 1.08 bits per heavy atom. The Morgan fingerprint density at radius 2 is 1.88 bits per heavy atom. The van der Waals surface area contributed by atoms with Crippen LogP contribution in [0.15, 0.2) is 63.8 Å². The molecule has 2 aromatic carbocycles. The SMILES string of the molecule is Cc1ccc2c(c1)-c1oc(=O)c([Se]c3ccccc3)cc1C(O)O2. The quantitative estimate of drug-likeness (QED) is 0.682. The maximum absolute atomic E-state index is 12.4. The summed E-state index contributed by atoms with van der Waals surface area (Å²) in [5, 5.41) is 10.3. The molecule has 1 aliphatic heterocycles. The fourth-order valence-corrected chi connectivity index (χ4v) is 4.46. The minimum absolute atomic E-state index is 0.191. The molecule has 0 spiro atoms. The average molecular weight is 385 g/mol. The van der Waals surface area contributed by atoms with Crippen LogP contribution in [-0.4, -0.2) is 20.1 Å². The summed E-state index contributed by atoms with van der Waals surface area (Å²) in [6, 6.07) is 17.0. The number of rotatable bonds is 2. The molecule has 0 aliphatic carbocycles. The monoisotopic (exact) mass is 386 g/mol. The van der Waals surface area contributed by atoms with Gasteiger partial charge >= 0.3 is 145 Å². The van der Waals surface area contributed by atoms with E-state index < -0.39 is 6.29 Å². The number of hydrogen-bond acceptors (Lipinski definition) is 4. The second-order valence-electron chi connectivity index (χ2n) is 5.57. The van der Waals surface area contributed by atoms with Gasteiger partial charge in [0.05, 0.1) is 0 Å². The third kappa shape index (κ3) is 2.67. The van der Waals surface area contributed by atoms with E-state index in [2.05, 4.69) is 0 Å². The molecule has 120 valence electrons. The topological polar surface area (TPSA) is 59.7 Å². The van der Waals surface area contributed by atoms with Gasteiger partial charge in [0.2, 0.25) is 0 Å². The fraction of sp³-hybridized carbons (Fsp3) is 0.105. The van der Waals surface area contributed by atoms with E-state index in [4.69, 9.17) is 9.15 Å². The summed E-state index contributed by atoms with van der Waals surface area (Å²) < 4.78 is 12.8. The summed E-state index contributed by atoms with van der Waals surface area (Å²) in [6.45, 7) is 1.95. The number of ether oxygens (including phenoxy) is 1. The maximum atomic E-state index is 12.4. The third-order valence-corrected chi connectivity index (χ3v) is 5.92. The van der Waals surface area contributed by atoms with Crippen molar-refractivity contribution in [2.45, 2.75) is 13.2 Å². The number of aliphatic hydroxyl groups excluding tert-OH is 1. The van der Waals surface area contributed by atoms with Gasteiger partial charge in [-0.05, 0) is 0 Å². The summed E-state index contributed by atoms with van der Waals surface area (Å²) in [4.78, 5) is 12.4. The van der Waals surface area contributed by atoms with E-state index in [1.165, 1.54) is 0 Å². The van der Waals surface area contributed by atoms with Crippen LogP contribution in [0.25, 0.3) is 11.3 Å². The molecular formula is C19H14O4Se. The summed E-state index contributed by atoms with van der Waals surface area (Å²) in [7, 11) is 0. The first-order valence-corrected chi connectivity index (χ1v) is 9.20. The molecule has 0 saturated heterocycles. The first-order valence-electron chi connectivity index (χ1n) is 7.48. The van der Waals surface area contributed by atoms with Crippen LogP contribution in [0.2, 0.25) is 0 Å². The van der Waals surface area contributed by atoms with Gasteiger partial charge in [0.25, 0.3) is 0 Å². The zero-order valence-electron chi connectivity index (χ0n) is 12.9. The summed E-state index contributed by atoms with van der Waals surface area (Å²) >= 11 is -0.191. The molecule has 24 heavy (non-hydrogen) atoms. The van der Waals surface area contributed by atoms with Crippen molar-refractivity contribution in [3.05, 3.63) is 76.1 Å². The summed E-state index contributed by atoms with van der Waals surface area (Å²) in [6.07, 6.45) is -1.13. The fourth-order valence-electron chi connectivity index (χ4n) is 2.66. The first kappa shape index (κ1) is 15.2. The molecule has 0 radical (unpaired) electrons. The Hall–Kier alpha value is -2.33. The zero-order valence-corrected chi connectivity index (χ0v) is 14.6. The van der Waals surface area contributed by atoms with Crippen molar-refractivity contribution >= 4 is 23.9 Å². The summed E-state index contributed by atoms with van der Waals surface area (Å²) in [5.74, 6) is 0.912. The molecule has 5 heteroatoms. The molecule has 4 nitrogen and oxygen atoms in total. The number of aryl methyl sites for hydroxylation is 1. The van der Waals surface area contributed by atoms with Crippen LogP contribution in [-0.2, 0) is 0 Å². The van der Waals surface area contributed by atoms with Gasteiger partial charge in [-0.15, -0.1) is 0 Å². The number of benzene rings is 2. The molecule has 0 bridgehead atoms. The number of fused-ring (bicyclic) bond motifs is 3. The van der Waals surface area contributed by atoms with Crippen LogP contribution in [0.4, 0.5) is 0 Å². The molecule has 3 aromatic rings. The average Bonchev–Trinajstić information content (AvgIpc) is 2.58. The number of aliphatic hydroxyl groups is 1. The van der Waals surface area contributed by atoms with Crippen LogP contribution in [0.5, 0.6) is 5.75 Å². The van der Waals surface area contributed by atoms with E-state index >= 15 is 0 Å². The Kier molecular flexibility index (Phi) is 3.77. The molecule has 1 unspecified atom stereocenters. The molecule has 0 fully saturated rings. The van der Waals surface area contributed by atoms with Crippen LogP contribution in [0.3, 0.4) is 0 Å². The molecule has 1 aliphatic rings. The van der Waals surface area contributed by atoms with Crippen molar-refractivity contribution in [1.29, 1.82) is 0 Å². The molecule has 0 amide bonds. The van der Waals surface area contributed by atoms with E-state index in [-0.39, 0.29) is 20.6 Å². The second-order valence-corrected chi connectivity index (χ2v) is 7.91. The normalized spacial score (nSPS) is 15.3. The molecule has 1 atom stereocenters. The second kappa shape index (κ2) is 5.95. The number of hydrogen-bond donors (Lipinski definition) is 1. The molecule has 0 saturated carbocycles. The van der Waals surface area contributed by atoms with E-state index in [0.29, 0.717) is 27.1 Å². The van der Waals surface area contributed by atoms with Crippen molar-refractivity contribution in [3.63, 3.8) is 0 Å². The van der Waals surface area contributed by atoms with Crippen molar-refractivity contribution in [2.75, 3.05) is 0 Å². The first-order chi connectivity index (χ1) is 11.6. The molecule has 4 rings (SSSR count). The molecule has 2 heterocycles. The van der Waals surface area contributed by atoms with Crippen molar-refractivity contribution in [3.8, 4) is 17.1 Å². The van der Waals surface area contributed by atoms with E-state index in [9.17, 15) is 9.90 Å². The van der Waals surface area contributed by atoms with Crippen LogP contribution in [0, 0.1) is 6.92 Å². The van der Waals surface area contributed by atoms with Gasteiger partial charge in [-0.2, -0.15) is 0 Å². The van der Waals surface area contributed by atoms with Gasteiger partial charge < -0.3 is 0 Å². The van der Waals surface area contributed by atoms with Gasteiger partial charge in [-0.1, -0.05) is 0 Å². The zero-order chi connectivity index (χ0) is 16.7. The van der Waals surface area contributed by atoms with Crippen molar-refractivity contribution < 1.29 is 14.3 Å². The molecular weight excluding hydrogens is 371 g/mol. The minimum atomic E-state index is -1.13. The summed E-state index contributed by atoms with van der Waals surface area (Å²) in [5.41, 5.74) is 1.87. The van der Waals surface area contributed by atoms with Crippen LogP contribution in [0.1, 0.15) is 17.4 Å². The van der Waals surface area contributed by atoms with Crippen molar-refractivity contribution in [1.82, 2.24) is 0 Å². The Morgan fingerprint density at radius 3 is 2.67 bits per heavy atom. The van der Waals surface area contributed by atoms with Gasteiger partial charge in [0.15, 0.2) is 0 Å². The van der Waals surface area contributed by atoms with Gasteiger partial charge in [0, 0.05) is 0 Å². The van der Waals surface area contributed by atoms with Gasteiger partial charge in [0.1, 0.15) is 0 Å². The molecule has 1 aromatic heterocycles. The Labute approximate surface area is 144 Å². The van der Waals surface area contributed by atoms with Crippen molar-refractivity contribution in [2.24, 2.45) is 0 Å². The van der Waals surface area contributed by atoms with E-state index in [1.54, 1.807) is 12.1 Å². The third-order valence-electron chi connectivity index (χ3n) is 3.80. The molecule has 1 N–H and O–H groups in total. The van der Waals surface area contributed by atoms with E-state index in [0.717, 1.165) is 10.0 Å². The Balaban J connectivity index is 1.83.